The highest BCUT2D eigenvalue weighted by atomic mass is 16.5. The Morgan fingerprint density at radius 3 is 2.52 bits per heavy atom. The Morgan fingerprint density at radius 1 is 1.10 bits per heavy atom. The molecule has 0 unspecified atom stereocenters. The number of methoxy groups -OCH3 is 1. The van der Waals surface area contributed by atoms with Crippen LogP contribution in [0.5, 0.6) is 11.5 Å². The second kappa shape index (κ2) is 11.3. The quantitative estimate of drug-likeness (QED) is 0.624. The average molecular weight is 429 g/mol. The first-order valence-electron chi connectivity index (χ1n) is 11.0. The number of piperazine rings is 1. The fourth-order valence-electron chi connectivity index (χ4n) is 3.65. The molecule has 170 valence electrons. The number of aliphatic hydroxyl groups excluding tert-OH is 1. The molecule has 2 aromatic rings. The van der Waals surface area contributed by atoms with Crippen LogP contribution in [0.1, 0.15) is 19.4 Å². The number of hydrogen-bond donors (Lipinski definition) is 1. The molecule has 1 saturated heterocycles. The third-order valence-electron chi connectivity index (χ3n) is 5.79. The second-order valence-corrected chi connectivity index (χ2v) is 8.43. The van der Waals surface area contributed by atoms with Crippen LogP contribution in [0.2, 0.25) is 0 Å². The van der Waals surface area contributed by atoms with Crippen LogP contribution in [0.3, 0.4) is 0 Å². The van der Waals surface area contributed by atoms with E-state index in [9.17, 15) is 5.11 Å². The van der Waals surface area contributed by atoms with E-state index in [1.165, 1.54) is 5.56 Å². The van der Waals surface area contributed by atoms with Gasteiger partial charge < -0.3 is 24.4 Å². The summed E-state index contributed by atoms with van der Waals surface area (Å²) in [6, 6.07) is 12.5. The van der Waals surface area contributed by atoms with Crippen LogP contribution in [-0.2, 0) is 6.54 Å². The molecule has 0 saturated carbocycles. The van der Waals surface area contributed by atoms with Crippen LogP contribution in [0, 0.1) is 0 Å². The lowest BCUT2D eigenvalue weighted by molar-refractivity contribution is 0.0668. The normalized spacial score (nSPS) is 16.0. The maximum atomic E-state index is 10.3. The topological polar surface area (TPSA) is 61.3 Å². The summed E-state index contributed by atoms with van der Waals surface area (Å²) in [6.45, 7) is 9.78. The first-order valence-corrected chi connectivity index (χ1v) is 11.0. The molecule has 1 aromatic heterocycles. The Labute approximate surface area is 186 Å². The minimum Gasteiger partial charge on any atom is -0.493 e. The smallest absolute Gasteiger partial charge is 0.161 e. The third kappa shape index (κ3) is 6.82. The maximum absolute atomic E-state index is 10.3. The fraction of sp³-hybridized carbons (Fsp3) is 0.542. The summed E-state index contributed by atoms with van der Waals surface area (Å²) in [4.78, 5) is 11.3. The number of pyridine rings is 1. The van der Waals surface area contributed by atoms with Crippen molar-refractivity contribution in [3.05, 3.63) is 48.2 Å². The van der Waals surface area contributed by atoms with E-state index in [2.05, 4.69) is 45.7 Å². The monoisotopic (exact) mass is 428 g/mol. The van der Waals surface area contributed by atoms with E-state index in [0.29, 0.717) is 24.1 Å². The summed E-state index contributed by atoms with van der Waals surface area (Å²) in [6.07, 6.45) is 1.29. The highest BCUT2D eigenvalue weighted by molar-refractivity contribution is 5.43. The zero-order chi connectivity index (χ0) is 22.2. The number of rotatable bonds is 10. The number of aliphatic hydroxyl groups is 1. The molecule has 0 bridgehead atoms. The summed E-state index contributed by atoms with van der Waals surface area (Å²) in [5.41, 5.74) is 1.18. The molecule has 31 heavy (non-hydrogen) atoms. The van der Waals surface area contributed by atoms with Crippen molar-refractivity contribution < 1.29 is 14.6 Å². The van der Waals surface area contributed by atoms with Crippen molar-refractivity contribution in [1.29, 1.82) is 0 Å². The zero-order valence-corrected chi connectivity index (χ0v) is 19.2. The summed E-state index contributed by atoms with van der Waals surface area (Å²) >= 11 is 0. The van der Waals surface area contributed by atoms with Gasteiger partial charge in [-0.15, -0.1) is 0 Å². The van der Waals surface area contributed by atoms with Gasteiger partial charge >= 0.3 is 0 Å². The molecule has 3 rings (SSSR count). The third-order valence-corrected chi connectivity index (χ3v) is 5.79. The van der Waals surface area contributed by atoms with Crippen molar-refractivity contribution in [2.45, 2.75) is 32.5 Å². The Hall–Kier alpha value is -2.35. The van der Waals surface area contributed by atoms with Gasteiger partial charge in [0.1, 0.15) is 18.5 Å². The number of likely N-dealkylation sites (N-methyl/N-ethyl adjacent to an activating group) is 1. The fourth-order valence-corrected chi connectivity index (χ4v) is 3.65. The van der Waals surface area contributed by atoms with Crippen LogP contribution in [-0.4, -0.2) is 85.5 Å². The Morgan fingerprint density at radius 2 is 1.87 bits per heavy atom. The second-order valence-electron chi connectivity index (χ2n) is 8.43. The molecular weight excluding hydrogens is 392 g/mol. The van der Waals surface area contributed by atoms with Gasteiger partial charge in [-0.05, 0) is 50.7 Å². The van der Waals surface area contributed by atoms with Gasteiger partial charge in [0, 0.05) is 51.5 Å². The molecule has 1 aliphatic heterocycles. The van der Waals surface area contributed by atoms with Gasteiger partial charge in [0.05, 0.1) is 7.11 Å². The largest absolute Gasteiger partial charge is 0.493 e. The molecule has 1 atom stereocenters. The van der Waals surface area contributed by atoms with Gasteiger partial charge in [0.15, 0.2) is 11.5 Å². The zero-order valence-electron chi connectivity index (χ0n) is 19.2. The van der Waals surface area contributed by atoms with Crippen molar-refractivity contribution >= 4 is 5.82 Å². The van der Waals surface area contributed by atoms with Gasteiger partial charge in [0.2, 0.25) is 0 Å². The number of aromatic nitrogens is 1. The molecule has 7 heteroatoms. The van der Waals surface area contributed by atoms with E-state index in [0.717, 1.165) is 38.5 Å². The molecule has 0 spiro atoms. The summed E-state index contributed by atoms with van der Waals surface area (Å²) in [5, 5.41) is 10.3. The highest BCUT2D eigenvalue weighted by Crippen LogP contribution is 2.29. The van der Waals surface area contributed by atoms with Crippen molar-refractivity contribution in [3.8, 4) is 11.5 Å². The summed E-state index contributed by atoms with van der Waals surface area (Å²) in [7, 11) is 3.64. The van der Waals surface area contributed by atoms with E-state index < -0.39 is 6.10 Å². The molecule has 2 heterocycles. The van der Waals surface area contributed by atoms with Crippen LogP contribution in [0.25, 0.3) is 0 Å². The molecule has 1 aliphatic rings. The Kier molecular flexibility index (Phi) is 8.51. The van der Waals surface area contributed by atoms with Crippen molar-refractivity contribution in [2.24, 2.45) is 0 Å². The van der Waals surface area contributed by atoms with Gasteiger partial charge in [-0.2, -0.15) is 0 Å². The van der Waals surface area contributed by atoms with Crippen LogP contribution in [0.4, 0.5) is 5.82 Å². The van der Waals surface area contributed by atoms with Crippen LogP contribution in [0.15, 0.2) is 42.6 Å². The van der Waals surface area contributed by atoms with Crippen LogP contribution >= 0.6 is 0 Å². The molecule has 7 nitrogen and oxygen atoms in total. The molecule has 0 radical (unpaired) electrons. The van der Waals surface area contributed by atoms with Crippen molar-refractivity contribution in [3.63, 3.8) is 0 Å². The standard InChI is InChI=1S/C24H36N4O3/c1-19(2)26(3)17-21(29)18-31-23-15-20(8-9-22(23)30-4)16-27-11-13-28(14-12-27)24-7-5-6-10-25-24/h5-10,15,19,21,29H,11-14,16-18H2,1-4H3/t21-/m1/s1. The van der Waals surface area contributed by atoms with Gasteiger partial charge in [-0.3, -0.25) is 4.90 Å². The minimum atomic E-state index is -0.555. The summed E-state index contributed by atoms with van der Waals surface area (Å²) in [5.74, 6) is 2.41. The van der Waals surface area contributed by atoms with E-state index in [1.807, 2.05) is 37.5 Å². The molecule has 1 aromatic carbocycles. The first kappa shape index (κ1) is 23.3. The average Bonchev–Trinajstić information content (AvgIpc) is 2.79. The molecule has 1 N–H and O–H groups in total. The first-order chi connectivity index (χ1) is 15.0. The number of ether oxygens (including phenoxy) is 2. The Bertz CT molecular complexity index is 795. The van der Waals surface area contributed by atoms with Gasteiger partial charge in [-0.1, -0.05) is 12.1 Å². The number of benzene rings is 1. The Balaban J connectivity index is 1.54. The molecule has 0 amide bonds. The number of hydrogen-bond acceptors (Lipinski definition) is 7. The molecule has 0 aliphatic carbocycles. The van der Waals surface area contributed by atoms with E-state index in [-0.39, 0.29) is 6.61 Å². The predicted octanol–water partition coefficient (Wildman–Crippen LogP) is 2.49. The predicted molar refractivity (Wildman–Crippen MR) is 124 cm³/mol. The van der Waals surface area contributed by atoms with Crippen molar-refractivity contribution in [1.82, 2.24) is 14.8 Å². The maximum Gasteiger partial charge on any atom is 0.161 e. The highest BCUT2D eigenvalue weighted by Gasteiger charge is 2.19. The van der Waals surface area contributed by atoms with Crippen LogP contribution < -0.4 is 14.4 Å². The van der Waals surface area contributed by atoms with E-state index >= 15 is 0 Å². The number of anilines is 1. The summed E-state index contributed by atoms with van der Waals surface area (Å²) < 4.78 is 11.4. The lowest BCUT2D eigenvalue weighted by Gasteiger charge is -2.35. The van der Waals surface area contributed by atoms with Gasteiger partial charge in [0.25, 0.3) is 0 Å². The van der Waals surface area contributed by atoms with Crippen molar-refractivity contribution in [2.75, 3.05) is 58.4 Å². The minimum absolute atomic E-state index is 0.236. The van der Waals surface area contributed by atoms with E-state index in [1.54, 1.807) is 7.11 Å². The molecule has 1 fully saturated rings. The SMILES string of the molecule is COc1ccc(CN2CCN(c3ccccn3)CC2)cc1OC[C@H](O)CN(C)C(C)C. The lowest BCUT2D eigenvalue weighted by Crippen LogP contribution is -2.46. The molecular formula is C24H36N4O3. The van der Waals surface area contributed by atoms with Gasteiger partial charge in [-0.25, -0.2) is 4.98 Å². The number of nitrogens with zero attached hydrogens (tertiary/aromatic N) is 4. The van der Waals surface area contributed by atoms with E-state index in [4.69, 9.17) is 9.47 Å². The lowest BCUT2D eigenvalue weighted by atomic mass is 10.1.